The molecule has 0 bridgehead atoms. The molecule has 0 atom stereocenters. The molecule has 0 aliphatic heterocycles. The van der Waals surface area contributed by atoms with Crippen LogP contribution < -0.4 is 15.4 Å². The van der Waals surface area contributed by atoms with Gasteiger partial charge < -0.3 is 10.1 Å². The number of anilines is 3. The van der Waals surface area contributed by atoms with E-state index >= 15 is 0 Å². The molecule has 0 saturated heterocycles. The number of carbonyl (C=O) groups is 1. The average molecular weight is 362 g/mol. The number of hydrogen-bond acceptors (Lipinski definition) is 6. The lowest BCUT2D eigenvalue weighted by molar-refractivity contribution is 0.214. The lowest BCUT2D eigenvalue weighted by Gasteiger charge is -2.08. The first-order valence-electron chi connectivity index (χ1n) is 7.10. The summed E-state index contributed by atoms with van der Waals surface area (Å²) in [7, 11) is 0. The fraction of sp³-hybridized carbons (Fsp3) is 0.0625. The molecule has 0 fully saturated rings. The van der Waals surface area contributed by atoms with Crippen molar-refractivity contribution >= 4 is 33.9 Å². The van der Waals surface area contributed by atoms with E-state index < -0.39 is 17.7 Å². The number of aryl methyl sites for hydroxylation is 1. The van der Waals surface area contributed by atoms with Gasteiger partial charge in [0.05, 0.1) is 11.2 Å². The quantitative estimate of drug-likeness (QED) is 0.716. The Morgan fingerprint density at radius 1 is 1.20 bits per heavy atom. The Balaban J connectivity index is 1.71. The van der Waals surface area contributed by atoms with Gasteiger partial charge >= 0.3 is 6.09 Å². The van der Waals surface area contributed by atoms with Crippen molar-refractivity contribution < 1.29 is 18.3 Å². The zero-order chi connectivity index (χ0) is 17.8. The molecule has 2 heterocycles. The molecule has 0 unspecified atom stereocenters. The lowest BCUT2D eigenvalue weighted by Crippen LogP contribution is -2.18. The zero-order valence-corrected chi connectivity index (χ0v) is 13.7. The predicted octanol–water partition coefficient (Wildman–Crippen LogP) is 4.48. The van der Waals surface area contributed by atoms with Crippen molar-refractivity contribution in [2.45, 2.75) is 6.92 Å². The summed E-state index contributed by atoms with van der Waals surface area (Å²) in [5.41, 5.74) is 2.05. The van der Waals surface area contributed by atoms with Gasteiger partial charge in [0.15, 0.2) is 16.6 Å². The maximum absolute atomic E-state index is 13.7. The fourth-order valence-corrected chi connectivity index (χ4v) is 2.56. The van der Waals surface area contributed by atoms with Gasteiger partial charge in [-0.2, -0.15) is 0 Å². The Hall–Kier alpha value is -3.07. The number of ether oxygens (including phenoxy) is 1. The molecule has 9 heteroatoms. The third-order valence-corrected chi connectivity index (χ3v) is 3.77. The minimum atomic E-state index is -1.03. The Bertz CT molecular complexity index is 917. The number of hydrogen-bond donors (Lipinski definition) is 2. The normalized spacial score (nSPS) is 10.4. The van der Waals surface area contributed by atoms with Gasteiger partial charge in [-0.1, -0.05) is 12.1 Å². The number of benzene rings is 1. The molecular formula is C16H12F2N4O2S. The molecule has 0 aliphatic rings. The van der Waals surface area contributed by atoms with Gasteiger partial charge in [-0.15, -0.1) is 11.3 Å². The van der Waals surface area contributed by atoms with Gasteiger partial charge in [0.25, 0.3) is 5.88 Å². The topological polar surface area (TPSA) is 76.1 Å². The second-order valence-electron chi connectivity index (χ2n) is 4.89. The summed E-state index contributed by atoms with van der Waals surface area (Å²) in [6, 6.07) is 8.85. The number of rotatable bonds is 4. The largest absolute Gasteiger partial charge is 0.419 e. The SMILES string of the molecule is Cc1cccc(NC(=O)Oc2ncsc2Nc2cccc(F)c2F)n1. The predicted molar refractivity (Wildman–Crippen MR) is 90.4 cm³/mol. The standard InChI is InChI=1S/C16H12F2N4O2S/c1-9-4-2-7-12(20-9)22-16(23)24-14-15(25-8-19-14)21-11-6-3-5-10(17)13(11)18/h2-8,21H,1H3,(H,20,22,23). The van der Waals surface area contributed by atoms with Crippen LogP contribution in [0, 0.1) is 18.6 Å². The molecule has 6 nitrogen and oxygen atoms in total. The van der Waals surface area contributed by atoms with Crippen molar-refractivity contribution in [1.29, 1.82) is 0 Å². The van der Waals surface area contributed by atoms with E-state index in [4.69, 9.17) is 4.74 Å². The summed E-state index contributed by atoms with van der Waals surface area (Å²) >= 11 is 1.08. The van der Waals surface area contributed by atoms with Gasteiger partial charge in [0.1, 0.15) is 5.82 Å². The smallest absolute Gasteiger partial charge is 0.388 e. The summed E-state index contributed by atoms with van der Waals surface area (Å²) in [6.07, 6.45) is -0.799. The molecule has 1 amide bonds. The summed E-state index contributed by atoms with van der Waals surface area (Å²) < 4.78 is 32.1. The Morgan fingerprint density at radius 2 is 2.00 bits per heavy atom. The zero-order valence-electron chi connectivity index (χ0n) is 12.9. The van der Waals surface area contributed by atoms with E-state index in [-0.39, 0.29) is 16.6 Å². The van der Waals surface area contributed by atoms with Crippen LogP contribution >= 0.6 is 11.3 Å². The number of nitrogens with one attached hydrogen (secondary N) is 2. The van der Waals surface area contributed by atoms with Crippen LogP contribution in [0.15, 0.2) is 41.9 Å². The summed E-state index contributed by atoms with van der Waals surface area (Å²) in [5.74, 6) is -1.75. The number of nitrogens with zero attached hydrogens (tertiary/aromatic N) is 2. The van der Waals surface area contributed by atoms with Gasteiger partial charge in [0.2, 0.25) is 0 Å². The highest BCUT2D eigenvalue weighted by Crippen LogP contribution is 2.32. The molecule has 0 aliphatic carbocycles. The van der Waals surface area contributed by atoms with Crippen LogP contribution in [0.25, 0.3) is 0 Å². The monoisotopic (exact) mass is 362 g/mol. The Labute approximate surface area is 145 Å². The number of amides is 1. The molecule has 2 N–H and O–H groups in total. The van der Waals surface area contributed by atoms with E-state index in [2.05, 4.69) is 20.6 Å². The van der Waals surface area contributed by atoms with Crippen LogP contribution in [-0.4, -0.2) is 16.1 Å². The number of halogens is 2. The third kappa shape index (κ3) is 4.07. The molecule has 3 rings (SSSR count). The van der Waals surface area contributed by atoms with Crippen LogP contribution in [-0.2, 0) is 0 Å². The molecule has 25 heavy (non-hydrogen) atoms. The van der Waals surface area contributed by atoms with Crippen molar-refractivity contribution in [2.24, 2.45) is 0 Å². The lowest BCUT2D eigenvalue weighted by atomic mass is 10.3. The average Bonchev–Trinajstić information content (AvgIpc) is 2.98. The van der Waals surface area contributed by atoms with Crippen LogP contribution in [0.5, 0.6) is 5.88 Å². The number of pyridine rings is 1. The molecule has 128 valence electrons. The van der Waals surface area contributed by atoms with Crippen molar-refractivity contribution in [3.63, 3.8) is 0 Å². The van der Waals surface area contributed by atoms with Crippen LogP contribution in [0.3, 0.4) is 0 Å². The van der Waals surface area contributed by atoms with E-state index in [0.29, 0.717) is 5.82 Å². The van der Waals surface area contributed by atoms with Crippen LogP contribution in [0.1, 0.15) is 5.69 Å². The van der Waals surface area contributed by atoms with Crippen LogP contribution in [0.2, 0.25) is 0 Å². The maximum atomic E-state index is 13.7. The first kappa shape index (κ1) is 16.8. The Kier molecular flexibility index (Phi) is 4.85. The highest BCUT2D eigenvalue weighted by Gasteiger charge is 2.16. The van der Waals surface area contributed by atoms with Gasteiger partial charge in [-0.3, -0.25) is 5.32 Å². The molecular weight excluding hydrogens is 350 g/mol. The van der Waals surface area contributed by atoms with Crippen molar-refractivity contribution in [2.75, 3.05) is 10.6 Å². The highest BCUT2D eigenvalue weighted by molar-refractivity contribution is 7.14. The third-order valence-electron chi connectivity index (χ3n) is 3.04. The molecule has 0 radical (unpaired) electrons. The molecule has 3 aromatic rings. The fourth-order valence-electron chi connectivity index (χ4n) is 1.94. The summed E-state index contributed by atoms with van der Waals surface area (Å²) in [4.78, 5) is 20.0. The molecule has 2 aromatic heterocycles. The van der Waals surface area contributed by atoms with E-state index in [1.54, 1.807) is 25.1 Å². The maximum Gasteiger partial charge on any atom is 0.419 e. The number of thiazole rings is 1. The van der Waals surface area contributed by atoms with Gasteiger partial charge in [-0.05, 0) is 31.2 Å². The van der Waals surface area contributed by atoms with Crippen molar-refractivity contribution in [3.05, 3.63) is 59.2 Å². The van der Waals surface area contributed by atoms with E-state index in [0.717, 1.165) is 23.1 Å². The first-order chi connectivity index (χ1) is 12.0. The number of carbonyl (C=O) groups excluding carboxylic acids is 1. The van der Waals surface area contributed by atoms with E-state index in [1.165, 1.54) is 17.6 Å². The van der Waals surface area contributed by atoms with Crippen molar-refractivity contribution in [3.8, 4) is 5.88 Å². The van der Waals surface area contributed by atoms with E-state index in [1.807, 2.05) is 0 Å². The molecule has 1 aromatic carbocycles. The Morgan fingerprint density at radius 3 is 2.80 bits per heavy atom. The van der Waals surface area contributed by atoms with Gasteiger partial charge in [0, 0.05) is 5.69 Å². The van der Waals surface area contributed by atoms with Crippen molar-refractivity contribution in [1.82, 2.24) is 9.97 Å². The number of aromatic nitrogens is 2. The molecule has 0 saturated carbocycles. The van der Waals surface area contributed by atoms with E-state index in [9.17, 15) is 13.6 Å². The summed E-state index contributed by atoms with van der Waals surface area (Å²) in [5, 5.41) is 5.38. The minimum absolute atomic E-state index is 0.0567. The minimum Gasteiger partial charge on any atom is -0.388 e. The molecule has 0 spiro atoms. The second kappa shape index (κ2) is 7.22. The van der Waals surface area contributed by atoms with Gasteiger partial charge in [-0.25, -0.2) is 23.5 Å². The highest BCUT2D eigenvalue weighted by atomic mass is 32.1. The first-order valence-corrected chi connectivity index (χ1v) is 7.98. The van der Waals surface area contributed by atoms with Crippen LogP contribution in [0.4, 0.5) is 30.1 Å². The summed E-state index contributed by atoms with van der Waals surface area (Å²) in [6.45, 7) is 1.78. The second-order valence-corrected chi connectivity index (χ2v) is 5.75.